The average molecular weight is 572 g/mol. The van der Waals surface area contributed by atoms with Crippen molar-refractivity contribution in [2.24, 2.45) is 11.8 Å². The van der Waals surface area contributed by atoms with Crippen molar-refractivity contribution in [2.45, 2.75) is 55.7 Å². The number of rotatable bonds is 5. The molecule has 0 aromatic heterocycles. The molecule has 214 valence electrons. The van der Waals surface area contributed by atoms with Crippen LogP contribution in [-0.2, 0) is 14.4 Å². The summed E-state index contributed by atoms with van der Waals surface area (Å²) in [4.78, 5) is 49.1. The normalized spacial score (nSPS) is 31.6. The summed E-state index contributed by atoms with van der Waals surface area (Å²) in [5.41, 5.74) is 3.60. The van der Waals surface area contributed by atoms with Gasteiger partial charge in [0.05, 0.1) is 29.2 Å². The number of aliphatic hydroxyl groups excluding tert-OH is 1. The van der Waals surface area contributed by atoms with E-state index in [2.05, 4.69) is 6.08 Å². The number of carbonyl (C=O) groups is 3. The summed E-state index contributed by atoms with van der Waals surface area (Å²) in [5.74, 6) is -1.93. The highest BCUT2D eigenvalue weighted by molar-refractivity contribution is 8.02. The highest BCUT2D eigenvalue weighted by Crippen LogP contribution is 2.66. The van der Waals surface area contributed by atoms with Gasteiger partial charge in [-0.1, -0.05) is 67.6 Å². The number of aliphatic hydroxyl groups is 1. The van der Waals surface area contributed by atoms with Gasteiger partial charge < -0.3 is 19.8 Å². The fraction of sp³-hybridized carbons (Fsp3) is 0.424. The van der Waals surface area contributed by atoms with Crippen molar-refractivity contribution < 1.29 is 19.5 Å². The number of likely N-dealkylation sites (tertiary alicyclic amines) is 1. The Bertz CT molecular complexity index is 1430. The van der Waals surface area contributed by atoms with Gasteiger partial charge in [0.25, 0.3) is 5.91 Å². The summed E-state index contributed by atoms with van der Waals surface area (Å²) >= 11 is 1.57. The van der Waals surface area contributed by atoms with Crippen molar-refractivity contribution in [3.8, 4) is 0 Å². The number of nitrogens with zero attached hydrogens (tertiary/aromatic N) is 3. The first-order valence-electron chi connectivity index (χ1n) is 14.4. The Labute approximate surface area is 245 Å². The molecule has 6 atom stereocenters. The van der Waals surface area contributed by atoms with Crippen molar-refractivity contribution in [2.75, 3.05) is 29.5 Å². The summed E-state index contributed by atoms with van der Waals surface area (Å²) < 4.78 is -1.65. The molecule has 2 saturated heterocycles. The van der Waals surface area contributed by atoms with Crippen molar-refractivity contribution in [1.29, 1.82) is 0 Å². The van der Waals surface area contributed by atoms with Gasteiger partial charge >= 0.3 is 0 Å². The Kier molecular flexibility index (Phi) is 6.90. The minimum absolute atomic E-state index is 0.110. The zero-order chi connectivity index (χ0) is 29.1. The predicted octanol–water partition coefficient (Wildman–Crippen LogP) is 4.27. The Balaban J connectivity index is 1.52. The third kappa shape index (κ3) is 4.02. The highest BCUT2D eigenvalue weighted by Gasteiger charge is 2.74. The smallest absolute Gasteiger partial charge is 0.251 e. The molecule has 0 radical (unpaired) electrons. The van der Waals surface area contributed by atoms with Gasteiger partial charge in [-0.25, -0.2) is 0 Å². The van der Waals surface area contributed by atoms with Gasteiger partial charge in [0, 0.05) is 29.2 Å². The highest BCUT2D eigenvalue weighted by atomic mass is 32.2. The van der Waals surface area contributed by atoms with Crippen LogP contribution in [0, 0.1) is 25.7 Å². The summed E-state index contributed by atoms with van der Waals surface area (Å²) in [7, 11) is 0. The lowest BCUT2D eigenvalue weighted by atomic mass is 9.74. The fourth-order valence-electron chi connectivity index (χ4n) is 7.54. The van der Waals surface area contributed by atoms with Crippen LogP contribution in [0.3, 0.4) is 0 Å². The van der Waals surface area contributed by atoms with E-state index < -0.39 is 33.4 Å². The molecule has 4 heterocycles. The number of para-hydroxylation sites is 2. The largest absolute Gasteiger partial charge is 0.394 e. The van der Waals surface area contributed by atoms with Crippen LogP contribution in [0.2, 0.25) is 0 Å². The average Bonchev–Trinajstić information content (AvgIpc) is 3.23. The van der Waals surface area contributed by atoms with Gasteiger partial charge in [0.15, 0.2) is 0 Å². The van der Waals surface area contributed by atoms with Crippen molar-refractivity contribution in [1.82, 2.24) is 4.90 Å². The van der Waals surface area contributed by atoms with E-state index in [4.69, 9.17) is 0 Å². The van der Waals surface area contributed by atoms with E-state index >= 15 is 0 Å². The lowest BCUT2D eigenvalue weighted by Gasteiger charge is -2.40. The number of amides is 3. The lowest BCUT2D eigenvalue weighted by Crippen LogP contribution is -2.57. The number of benzene rings is 2. The Morgan fingerprint density at radius 3 is 2.20 bits per heavy atom. The third-order valence-corrected chi connectivity index (χ3v) is 11.1. The van der Waals surface area contributed by atoms with Crippen molar-refractivity contribution in [3.63, 3.8) is 0 Å². The molecule has 2 aromatic rings. The Morgan fingerprint density at radius 2 is 1.54 bits per heavy atom. The van der Waals surface area contributed by atoms with Gasteiger partial charge in [-0.2, -0.15) is 0 Å². The van der Waals surface area contributed by atoms with Crippen LogP contribution >= 0.6 is 11.8 Å². The van der Waals surface area contributed by atoms with E-state index in [9.17, 15) is 19.5 Å². The number of hydrogen-bond acceptors (Lipinski definition) is 5. The molecule has 6 rings (SSSR count). The molecule has 41 heavy (non-hydrogen) atoms. The van der Waals surface area contributed by atoms with Crippen LogP contribution in [0.1, 0.15) is 31.4 Å². The van der Waals surface area contributed by atoms with Crippen molar-refractivity contribution >= 4 is 40.9 Å². The number of hydrogen-bond donors (Lipinski definition) is 1. The standard InChI is InChI=1S/C33H37N3O4S/c1-5-23(20-37)36-28-31(40)35(27-21(2)12-9-13-22(27)3)19-11-17-33(28)26(30(36)39)25-29(38)34(24-14-7-6-8-15-24)18-10-16-32(25,4)41-33/h6-17,23,25-26,28,37H,5,18-20H2,1-4H3/t23-,25-,26-,28?,32+,33-/m0/s1. The maximum atomic E-state index is 14.8. The molecule has 4 aliphatic rings. The lowest BCUT2D eigenvalue weighted by molar-refractivity contribution is -0.142. The topological polar surface area (TPSA) is 81.2 Å². The van der Waals surface area contributed by atoms with E-state index in [1.807, 2.05) is 94.5 Å². The zero-order valence-electron chi connectivity index (χ0n) is 24.0. The SMILES string of the molecule is CC[C@@H](CO)N1C(=O)[C@@H]2[C@H]3C(=O)N(c4ccccc4)CC=C[C@@]3(C)S[C@@]23C=CCN(c2c(C)cccc2C)C(=O)C13. The van der Waals surface area contributed by atoms with Crippen LogP contribution in [0.15, 0.2) is 72.8 Å². The summed E-state index contributed by atoms with van der Waals surface area (Å²) in [6.07, 6.45) is 8.62. The molecule has 1 unspecified atom stereocenters. The summed E-state index contributed by atoms with van der Waals surface area (Å²) in [5, 5.41) is 10.4. The fourth-order valence-corrected chi connectivity index (χ4v) is 9.68. The molecule has 1 spiro atoms. The molecule has 7 nitrogen and oxygen atoms in total. The second-order valence-corrected chi connectivity index (χ2v) is 13.6. The van der Waals surface area contributed by atoms with Gasteiger partial charge in [0.1, 0.15) is 6.04 Å². The molecule has 3 amide bonds. The van der Waals surface area contributed by atoms with E-state index in [-0.39, 0.29) is 24.3 Å². The molecule has 4 aliphatic heterocycles. The minimum atomic E-state index is -0.957. The minimum Gasteiger partial charge on any atom is -0.394 e. The summed E-state index contributed by atoms with van der Waals surface area (Å²) in [6, 6.07) is 14.1. The van der Waals surface area contributed by atoms with Crippen LogP contribution in [0.4, 0.5) is 11.4 Å². The first-order chi connectivity index (χ1) is 19.7. The molecule has 0 saturated carbocycles. The molecule has 8 heteroatoms. The number of carbonyl (C=O) groups excluding carboxylic acids is 3. The van der Waals surface area contributed by atoms with Crippen LogP contribution in [-0.4, -0.2) is 69.0 Å². The number of thioether (sulfide) groups is 1. The van der Waals surface area contributed by atoms with Gasteiger partial charge in [0.2, 0.25) is 11.8 Å². The zero-order valence-corrected chi connectivity index (χ0v) is 24.8. The first-order valence-corrected chi connectivity index (χ1v) is 15.2. The maximum absolute atomic E-state index is 14.8. The molecule has 2 aromatic carbocycles. The van der Waals surface area contributed by atoms with E-state index in [1.165, 1.54) is 0 Å². The van der Waals surface area contributed by atoms with Gasteiger partial charge in [-0.15, -0.1) is 11.8 Å². The van der Waals surface area contributed by atoms with Crippen LogP contribution in [0.5, 0.6) is 0 Å². The second-order valence-electron chi connectivity index (χ2n) is 11.8. The van der Waals surface area contributed by atoms with Gasteiger partial charge in [-0.05, 0) is 50.5 Å². The van der Waals surface area contributed by atoms with Crippen LogP contribution in [0.25, 0.3) is 0 Å². The van der Waals surface area contributed by atoms with E-state index in [0.717, 1.165) is 22.5 Å². The summed E-state index contributed by atoms with van der Waals surface area (Å²) in [6.45, 7) is 8.47. The molecule has 0 bridgehead atoms. The monoisotopic (exact) mass is 571 g/mol. The maximum Gasteiger partial charge on any atom is 0.251 e. The molecule has 0 aliphatic carbocycles. The number of fused-ring (bicyclic) bond motifs is 2. The van der Waals surface area contributed by atoms with E-state index in [0.29, 0.717) is 19.5 Å². The molecule has 2 fully saturated rings. The molecular weight excluding hydrogens is 534 g/mol. The van der Waals surface area contributed by atoms with Gasteiger partial charge in [-0.3, -0.25) is 14.4 Å². The Morgan fingerprint density at radius 1 is 0.878 bits per heavy atom. The van der Waals surface area contributed by atoms with Crippen LogP contribution < -0.4 is 9.80 Å². The second kappa shape index (κ2) is 10.2. The first kappa shape index (κ1) is 27.8. The van der Waals surface area contributed by atoms with E-state index in [1.54, 1.807) is 26.5 Å². The number of aryl methyl sites for hydroxylation is 2. The van der Waals surface area contributed by atoms with Crippen molar-refractivity contribution in [3.05, 3.63) is 84.0 Å². The number of anilines is 2. The predicted molar refractivity (Wildman–Crippen MR) is 163 cm³/mol. The Hall–Kier alpha value is -3.36. The molecule has 1 N–H and O–H groups in total. The third-order valence-electron chi connectivity index (χ3n) is 9.35. The molecular formula is C33H37N3O4S. The quantitative estimate of drug-likeness (QED) is 0.543.